The summed E-state index contributed by atoms with van der Waals surface area (Å²) in [7, 11) is 0. The monoisotopic (exact) mass is 288 g/mol. The van der Waals surface area contributed by atoms with Crippen LogP contribution in [0, 0.1) is 6.92 Å². The molecule has 21 heavy (non-hydrogen) atoms. The molecule has 0 spiro atoms. The van der Waals surface area contributed by atoms with E-state index in [1.54, 1.807) is 44.4 Å². The highest BCUT2D eigenvalue weighted by molar-refractivity contribution is 5.95. The van der Waals surface area contributed by atoms with Crippen molar-refractivity contribution in [2.75, 3.05) is 0 Å². The van der Waals surface area contributed by atoms with Crippen molar-refractivity contribution in [1.82, 2.24) is 10.3 Å². The van der Waals surface area contributed by atoms with Gasteiger partial charge in [-0.15, -0.1) is 0 Å². The lowest BCUT2D eigenvalue weighted by Gasteiger charge is -2.13. The van der Waals surface area contributed by atoms with Crippen LogP contribution in [-0.4, -0.2) is 28.0 Å². The number of carbonyl (C=O) groups excluding carboxylic acids is 1. The van der Waals surface area contributed by atoms with E-state index in [0.29, 0.717) is 22.7 Å². The van der Waals surface area contributed by atoms with Crippen LogP contribution in [-0.2, 0) is 4.79 Å². The number of carbonyl (C=O) groups is 2. The molecule has 0 radical (unpaired) electrons. The number of carboxylic acids is 1. The van der Waals surface area contributed by atoms with Crippen LogP contribution < -0.4 is 5.32 Å². The predicted molar refractivity (Wildman–Crippen MR) is 75.9 cm³/mol. The van der Waals surface area contributed by atoms with Crippen molar-refractivity contribution in [3.8, 4) is 11.5 Å². The van der Waals surface area contributed by atoms with E-state index in [4.69, 9.17) is 9.52 Å². The summed E-state index contributed by atoms with van der Waals surface area (Å²) in [6, 6.07) is 6.46. The van der Waals surface area contributed by atoms with E-state index in [2.05, 4.69) is 10.3 Å². The van der Waals surface area contributed by atoms with Gasteiger partial charge in [-0.2, -0.15) is 0 Å². The van der Waals surface area contributed by atoms with Crippen molar-refractivity contribution < 1.29 is 19.1 Å². The quantitative estimate of drug-likeness (QED) is 0.880. The zero-order valence-electron chi connectivity index (χ0n) is 11.8. The average Bonchev–Trinajstić information content (AvgIpc) is 2.90. The molecule has 0 bridgehead atoms. The predicted octanol–water partition coefficient (Wildman–Crippen LogP) is 2.24. The van der Waals surface area contributed by atoms with Crippen molar-refractivity contribution >= 4 is 11.9 Å². The van der Waals surface area contributed by atoms with Crippen molar-refractivity contribution in [2.45, 2.75) is 26.3 Å². The van der Waals surface area contributed by atoms with Gasteiger partial charge in [0.15, 0.2) is 5.76 Å². The largest absolute Gasteiger partial charge is 0.481 e. The Hall–Kier alpha value is -2.63. The summed E-state index contributed by atoms with van der Waals surface area (Å²) in [6.07, 6.45) is 1.43. The van der Waals surface area contributed by atoms with E-state index in [-0.39, 0.29) is 12.3 Å². The Morgan fingerprint density at radius 3 is 2.71 bits per heavy atom. The highest BCUT2D eigenvalue weighted by Crippen LogP contribution is 2.19. The van der Waals surface area contributed by atoms with Gasteiger partial charge in [0.2, 0.25) is 0 Å². The van der Waals surface area contributed by atoms with E-state index in [0.717, 1.165) is 0 Å². The minimum Gasteiger partial charge on any atom is -0.481 e. The Morgan fingerprint density at radius 1 is 1.38 bits per heavy atom. The summed E-state index contributed by atoms with van der Waals surface area (Å²) < 4.78 is 5.25. The lowest BCUT2D eigenvalue weighted by Crippen LogP contribution is -2.34. The molecule has 0 saturated heterocycles. The molecule has 2 aromatic heterocycles. The van der Waals surface area contributed by atoms with Crippen LogP contribution in [0.3, 0.4) is 0 Å². The molecule has 6 heteroatoms. The molecule has 0 aliphatic heterocycles. The van der Waals surface area contributed by atoms with E-state index in [1.807, 2.05) is 0 Å². The van der Waals surface area contributed by atoms with E-state index in [1.165, 1.54) is 0 Å². The first-order valence-corrected chi connectivity index (χ1v) is 6.51. The lowest BCUT2D eigenvalue weighted by molar-refractivity contribution is -0.137. The zero-order valence-corrected chi connectivity index (χ0v) is 11.8. The van der Waals surface area contributed by atoms with Crippen LogP contribution in [0.5, 0.6) is 0 Å². The molecule has 2 rings (SSSR count). The van der Waals surface area contributed by atoms with Crippen LogP contribution in [0.4, 0.5) is 0 Å². The Kier molecular flexibility index (Phi) is 4.37. The fraction of sp³-hybridized carbons (Fsp3) is 0.267. The minimum atomic E-state index is -0.953. The number of amides is 1. The molecule has 2 heterocycles. The van der Waals surface area contributed by atoms with Gasteiger partial charge in [-0.1, -0.05) is 0 Å². The third kappa shape index (κ3) is 3.68. The highest BCUT2D eigenvalue weighted by Gasteiger charge is 2.16. The number of nitrogens with zero attached hydrogens (tertiary/aromatic N) is 1. The number of aliphatic carboxylic acids is 1. The summed E-state index contributed by atoms with van der Waals surface area (Å²) in [6.45, 7) is 3.37. The molecule has 2 aromatic rings. The van der Waals surface area contributed by atoms with Gasteiger partial charge in [-0.05, 0) is 38.1 Å². The van der Waals surface area contributed by atoms with Gasteiger partial charge in [0.1, 0.15) is 5.69 Å². The molecule has 0 aliphatic rings. The van der Waals surface area contributed by atoms with Crippen molar-refractivity contribution in [3.05, 3.63) is 41.8 Å². The Balaban J connectivity index is 2.13. The summed E-state index contributed by atoms with van der Waals surface area (Å²) in [4.78, 5) is 27.0. The molecule has 110 valence electrons. The number of aryl methyl sites for hydroxylation is 1. The number of hydrogen-bond acceptors (Lipinski definition) is 4. The molecule has 0 fully saturated rings. The molecular formula is C15H16N2O4. The normalized spacial score (nSPS) is 11.9. The summed E-state index contributed by atoms with van der Waals surface area (Å²) in [5.74, 6) is -0.658. The van der Waals surface area contributed by atoms with Crippen LogP contribution >= 0.6 is 0 Å². The minimum absolute atomic E-state index is 0.122. The first-order chi connectivity index (χ1) is 9.97. The fourth-order valence-corrected chi connectivity index (χ4v) is 1.98. The van der Waals surface area contributed by atoms with Gasteiger partial charge in [0.25, 0.3) is 5.91 Å². The lowest BCUT2D eigenvalue weighted by atomic mass is 10.1. The third-order valence-corrected chi connectivity index (χ3v) is 2.96. The van der Waals surface area contributed by atoms with Crippen molar-refractivity contribution in [3.63, 3.8) is 0 Å². The van der Waals surface area contributed by atoms with E-state index in [9.17, 15) is 9.59 Å². The van der Waals surface area contributed by atoms with Crippen LogP contribution in [0.25, 0.3) is 11.5 Å². The van der Waals surface area contributed by atoms with Crippen LogP contribution in [0.1, 0.15) is 29.4 Å². The van der Waals surface area contributed by atoms with Gasteiger partial charge < -0.3 is 14.8 Å². The maximum absolute atomic E-state index is 12.1. The molecular weight excluding hydrogens is 272 g/mol. The van der Waals surface area contributed by atoms with Gasteiger partial charge >= 0.3 is 5.97 Å². The maximum Gasteiger partial charge on any atom is 0.305 e. The first kappa shape index (κ1) is 14.8. The highest BCUT2D eigenvalue weighted by atomic mass is 16.4. The van der Waals surface area contributed by atoms with Gasteiger partial charge in [-0.25, -0.2) is 4.98 Å². The second-order valence-electron chi connectivity index (χ2n) is 4.78. The molecule has 1 atom stereocenters. The molecule has 2 N–H and O–H groups in total. The van der Waals surface area contributed by atoms with Crippen LogP contribution in [0.15, 0.2) is 34.9 Å². The summed E-state index contributed by atoms with van der Waals surface area (Å²) >= 11 is 0. The Bertz CT molecular complexity index is 650. The van der Waals surface area contributed by atoms with Crippen molar-refractivity contribution in [2.24, 2.45) is 0 Å². The smallest absolute Gasteiger partial charge is 0.305 e. The maximum atomic E-state index is 12.1. The third-order valence-electron chi connectivity index (χ3n) is 2.96. The average molecular weight is 288 g/mol. The number of aromatic nitrogens is 1. The number of hydrogen-bond donors (Lipinski definition) is 2. The number of rotatable bonds is 5. The standard InChI is InChI=1S/C15H16N2O4/c1-9(8-14(18)19)16-15(20)11-5-6-12(17-10(11)2)13-4-3-7-21-13/h3-7,9H,8H2,1-2H3,(H,16,20)(H,18,19). The number of furan rings is 1. The molecule has 1 amide bonds. The summed E-state index contributed by atoms with van der Waals surface area (Å²) in [5, 5.41) is 11.3. The molecule has 1 unspecified atom stereocenters. The molecule has 0 aliphatic carbocycles. The second-order valence-corrected chi connectivity index (χ2v) is 4.78. The number of nitrogens with one attached hydrogen (secondary N) is 1. The molecule has 0 aromatic carbocycles. The molecule has 0 saturated carbocycles. The van der Waals surface area contributed by atoms with Gasteiger partial charge in [0.05, 0.1) is 23.9 Å². The molecule has 6 nitrogen and oxygen atoms in total. The van der Waals surface area contributed by atoms with Crippen LogP contribution in [0.2, 0.25) is 0 Å². The van der Waals surface area contributed by atoms with Gasteiger partial charge in [-0.3, -0.25) is 9.59 Å². The number of carboxylic acid groups (broad SMARTS) is 1. The van der Waals surface area contributed by atoms with E-state index < -0.39 is 12.0 Å². The first-order valence-electron chi connectivity index (χ1n) is 6.51. The van der Waals surface area contributed by atoms with E-state index >= 15 is 0 Å². The summed E-state index contributed by atoms with van der Waals surface area (Å²) in [5.41, 5.74) is 1.62. The SMILES string of the molecule is Cc1nc(-c2ccco2)ccc1C(=O)NC(C)CC(=O)O. The van der Waals surface area contributed by atoms with Crippen molar-refractivity contribution in [1.29, 1.82) is 0 Å². The Morgan fingerprint density at radius 2 is 2.14 bits per heavy atom. The zero-order chi connectivity index (χ0) is 15.4. The fourth-order valence-electron chi connectivity index (χ4n) is 1.98. The second kappa shape index (κ2) is 6.21. The Labute approximate surface area is 121 Å². The topological polar surface area (TPSA) is 92.4 Å². The van der Waals surface area contributed by atoms with Gasteiger partial charge in [0, 0.05) is 6.04 Å². The number of pyridine rings is 1.